The van der Waals surface area contributed by atoms with Gasteiger partial charge >= 0.3 is 0 Å². The van der Waals surface area contributed by atoms with Crippen LogP contribution in [0.5, 0.6) is 0 Å². The molecule has 190 valence electrons. The SMILES string of the molecule is Cc1cc(NC(=O)C2CC(=O)N(c3ccccc3)C2)n(C2NC(=O)C3CNN(c4ccccc4)C3N2)n1. The lowest BCUT2D eigenvalue weighted by molar-refractivity contribution is -0.129. The molecule has 0 spiro atoms. The molecule has 0 bridgehead atoms. The van der Waals surface area contributed by atoms with Gasteiger partial charge in [0.1, 0.15) is 12.0 Å². The summed E-state index contributed by atoms with van der Waals surface area (Å²) < 4.78 is 1.58. The number of nitrogens with zero attached hydrogens (tertiary/aromatic N) is 4. The number of hydrazine groups is 1. The molecule has 3 fully saturated rings. The molecule has 11 heteroatoms. The standard InChI is InChI=1S/C26H28N8O3/c1-16-12-21(28-24(36)17-13-22(35)32(15-17)18-8-4-2-5-9-18)34(31-16)26-29-23-20(25(37)30-26)14-27-33(23)19-10-6-3-7-11-19/h2-12,17,20,23,26-27,29H,13-15H2,1H3,(H,28,36)(H,30,37). The summed E-state index contributed by atoms with van der Waals surface area (Å²) >= 11 is 0. The molecule has 0 aliphatic carbocycles. The van der Waals surface area contributed by atoms with Gasteiger partial charge in [-0.05, 0) is 31.2 Å². The molecule has 3 aliphatic rings. The Kier molecular flexibility index (Phi) is 5.85. The van der Waals surface area contributed by atoms with Gasteiger partial charge in [0.2, 0.25) is 17.7 Å². The topological polar surface area (TPSA) is 124 Å². The van der Waals surface area contributed by atoms with Crippen LogP contribution in [0.3, 0.4) is 0 Å². The van der Waals surface area contributed by atoms with E-state index in [0.29, 0.717) is 24.6 Å². The highest BCUT2D eigenvalue weighted by atomic mass is 16.2. The summed E-state index contributed by atoms with van der Waals surface area (Å²) in [6.45, 7) is 2.63. The lowest BCUT2D eigenvalue weighted by Gasteiger charge is -2.37. The molecule has 3 saturated heterocycles. The Morgan fingerprint density at radius 2 is 1.73 bits per heavy atom. The van der Waals surface area contributed by atoms with Crippen LogP contribution in [0.15, 0.2) is 66.7 Å². The average Bonchev–Trinajstić information content (AvgIpc) is 3.61. The smallest absolute Gasteiger partial charge is 0.230 e. The summed E-state index contributed by atoms with van der Waals surface area (Å²) in [6.07, 6.45) is -0.843. The van der Waals surface area contributed by atoms with Gasteiger partial charge in [0.25, 0.3) is 0 Å². The fraction of sp³-hybridized carbons (Fsp3) is 0.308. The van der Waals surface area contributed by atoms with Gasteiger partial charge in [-0.2, -0.15) is 5.10 Å². The Bertz CT molecular complexity index is 1330. The Hall–Kier alpha value is -4.22. The van der Waals surface area contributed by atoms with E-state index in [1.165, 1.54) is 0 Å². The van der Waals surface area contributed by atoms with Crippen molar-refractivity contribution in [3.05, 3.63) is 72.4 Å². The Balaban J connectivity index is 1.19. The molecule has 37 heavy (non-hydrogen) atoms. The van der Waals surface area contributed by atoms with Crippen LogP contribution >= 0.6 is 0 Å². The second kappa shape index (κ2) is 9.34. The van der Waals surface area contributed by atoms with Crippen molar-refractivity contribution in [2.75, 3.05) is 28.3 Å². The number of carbonyl (C=O) groups excluding carboxylic acids is 3. The van der Waals surface area contributed by atoms with Gasteiger partial charge in [-0.25, -0.2) is 10.1 Å². The van der Waals surface area contributed by atoms with Crippen molar-refractivity contribution in [1.82, 2.24) is 25.8 Å². The van der Waals surface area contributed by atoms with E-state index in [1.54, 1.807) is 15.6 Å². The number of hydrogen-bond donors (Lipinski definition) is 4. The fourth-order valence-electron chi connectivity index (χ4n) is 5.21. The minimum Gasteiger partial charge on any atom is -0.321 e. The Morgan fingerprint density at radius 3 is 2.46 bits per heavy atom. The number of hydrogen-bond acceptors (Lipinski definition) is 7. The first-order valence-corrected chi connectivity index (χ1v) is 12.3. The number of rotatable bonds is 5. The number of fused-ring (bicyclic) bond motifs is 1. The van der Waals surface area contributed by atoms with Crippen molar-refractivity contribution in [2.45, 2.75) is 25.8 Å². The molecule has 1 aromatic heterocycles. The van der Waals surface area contributed by atoms with Gasteiger partial charge in [-0.1, -0.05) is 36.4 Å². The minimum absolute atomic E-state index is 0.0852. The van der Waals surface area contributed by atoms with Crippen molar-refractivity contribution in [3.63, 3.8) is 0 Å². The minimum atomic E-state index is -0.671. The molecule has 3 amide bonds. The number of carbonyl (C=O) groups is 3. The van der Waals surface area contributed by atoms with Crippen molar-refractivity contribution < 1.29 is 14.4 Å². The highest BCUT2D eigenvalue weighted by molar-refractivity contribution is 6.03. The highest BCUT2D eigenvalue weighted by Crippen LogP contribution is 2.29. The second-order valence-electron chi connectivity index (χ2n) is 9.54. The number of nitrogens with one attached hydrogen (secondary N) is 4. The zero-order chi connectivity index (χ0) is 25.5. The van der Waals surface area contributed by atoms with Crippen molar-refractivity contribution in [3.8, 4) is 0 Å². The summed E-state index contributed by atoms with van der Waals surface area (Å²) in [6, 6.07) is 20.9. The van der Waals surface area contributed by atoms with Gasteiger partial charge in [-0.3, -0.25) is 24.7 Å². The Labute approximate surface area is 213 Å². The number of para-hydroxylation sites is 2. The summed E-state index contributed by atoms with van der Waals surface area (Å²) in [5.41, 5.74) is 5.71. The third-order valence-corrected chi connectivity index (χ3v) is 7.04. The number of amides is 3. The van der Waals surface area contributed by atoms with Crippen LogP contribution in [0.25, 0.3) is 0 Å². The van der Waals surface area contributed by atoms with Crippen LogP contribution in [-0.2, 0) is 14.4 Å². The zero-order valence-electron chi connectivity index (χ0n) is 20.3. The molecule has 3 aromatic rings. The van der Waals surface area contributed by atoms with E-state index in [0.717, 1.165) is 11.4 Å². The monoisotopic (exact) mass is 500 g/mol. The lowest BCUT2D eigenvalue weighted by Crippen LogP contribution is -2.61. The van der Waals surface area contributed by atoms with E-state index in [-0.39, 0.29) is 36.2 Å². The summed E-state index contributed by atoms with van der Waals surface area (Å²) in [7, 11) is 0. The first kappa shape index (κ1) is 23.2. The maximum absolute atomic E-state index is 13.2. The number of benzene rings is 2. The number of aryl methyl sites for hydroxylation is 1. The molecule has 3 aliphatic heterocycles. The van der Waals surface area contributed by atoms with E-state index < -0.39 is 12.2 Å². The van der Waals surface area contributed by atoms with Crippen molar-refractivity contribution in [2.24, 2.45) is 11.8 Å². The van der Waals surface area contributed by atoms with Crippen LogP contribution in [-0.4, -0.2) is 46.8 Å². The van der Waals surface area contributed by atoms with Gasteiger partial charge < -0.3 is 15.5 Å². The van der Waals surface area contributed by atoms with E-state index in [2.05, 4.69) is 26.5 Å². The Morgan fingerprint density at radius 1 is 1.03 bits per heavy atom. The van der Waals surface area contributed by atoms with Crippen molar-refractivity contribution >= 4 is 34.9 Å². The van der Waals surface area contributed by atoms with Gasteiger partial charge in [0.05, 0.1) is 23.2 Å². The fourth-order valence-corrected chi connectivity index (χ4v) is 5.21. The third kappa shape index (κ3) is 4.32. The van der Waals surface area contributed by atoms with Gasteiger partial charge in [0.15, 0.2) is 6.29 Å². The van der Waals surface area contributed by atoms with Crippen LogP contribution in [0, 0.1) is 18.8 Å². The van der Waals surface area contributed by atoms with Crippen LogP contribution in [0.4, 0.5) is 17.2 Å². The predicted octanol–water partition coefficient (Wildman–Crippen LogP) is 1.33. The maximum atomic E-state index is 13.2. The normalized spacial score (nSPS) is 25.2. The van der Waals surface area contributed by atoms with Crippen LogP contribution in [0.1, 0.15) is 18.4 Å². The quantitative estimate of drug-likeness (QED) is 0.417. The van der Waals surface area contributed by atoms with Crippen LogP contribution in [0.2, 0.25) is 0 Å². The zero-order valence-corrected chi connectivity index (χ0v) is 20.3. The molecule has 0 saturated carbocycles. The number of aromatic nitrogens is 2. The summed E-state index contributed by atoms with van der Waals surface area (Å²) in [5.74, 6) is -0.798. The molecular formula is C26H28N8O3. The van der Waals surface area contributed by atoms with Gasteiger partial charge in [0, 0.05) is 31.3 Å². The van der Waals surface area contributed by atoms with Crippen LogP contribution < -0.4 is 31.3 Å². The second-order valence-corrected chi connectivity index (χ2v) is 9.54. The summed E-state index contributed by atoms with van der Waals surface area (Å²) in [5, 5.41) is 15.9. The molecule has 0 radical (unpaired) electrons. The first-order chi connectivity index (χ1) is 18.0. The van der Waals surface area contributed by atoms with E-state index in [1.807, 2.05) is 72.6 Å². The van der Waals surface area contributed by atoms with E-state index in [4.69, 9.17) is 0 Å². The van der Waals surface area contributed by atoms with E-state index >= 15 is 0 Å². The molecular weight excluding hydrogens is 472 g/mol. The lowest BCUT2D eigenvalue weighted by atomic mass is 10.0. The molecule has 6 rings (SSSR count). The third-order valence-electron chi connectivity index (χ3n) is 7.04. The van der Waals surface area contributed by atoms with Crippen molar-refractivity contribution in [1.29, 1.82) is 0 Å². The average molecular weight is 501 g/mol. The van der Waals surface area contributed by atoms with Gasteiger partial charge in [-0.15, -0.1) is 0 Å². The first-order valence-electron chi connectivity index (χ1n) is 12.3. The molecule has 4 N–H and O–H groups in total. The maximum Gasteiger partial charge on any atom is 0.230 e. The van der Waals surface area contributed by atoms with E-state index in [9.17, 15) is 14.4 Å². The summed E-state index contributed by atoms with van der Waals surface area (Å²) in [4.78, 5) is 40.5. The molecule has 4 atom stereocenters. The molecule has 4 heterocycles. The largest absolute Gasteiger partial charge is 0.321 e. The molecule has 4 unspecified atom stereocenters. The predicted molar refractivity (Wildman–Crippen MR) is 137 cm³/mol. The number of anilines is 3. The molecule has 2 aromatic carbocycles. The highest BCUT2D eigenvalue weighted by Gasteiger charge is 2.45. The molecule has 11 nitrogen and oxygen atoms in total.